The smallest absolute Gasteiger partial charge is 0.0223 e. The molecule has 0 spiro atoms. The van der Waals surface area contributed by atoms with Crippen molar-refractivity contribution in [1.29, 1.82) is 0 Å². The highest BCUT2D eigenvalue weighted by Gasteiger charge is 2.29. The van der Waals surface area contributed by atoms with Crippen LogP contribution in [-0.4, -0.2) is 37.1 Å². The monoisotopic (exact) mass is 252 g/mol. The van der Waals surface area contributed by atoms with Gasteiger partial charge in [0.2, 0.25) is 0 Å². The van der Waals surface area contributed by atoms with Crippen LogP contribution in [0.5, 0.6) is 0 Å². The molecule has 2 rings (SSSR count). The van der Waals surface area contributed by atoms with Crippen LogP contribution in [0.2, 0.25) is 0 Å². The predicted molar refractivity (Wildman–Crippen MR) is 78.9 cm³/mol. The molecular formula is C16H32N2. The molecule has 0 aromatic rings. The molecule has 0 amide bonds. The maximum absolute atomic E-state index is 3.83. The van der Waals surface area contributed by atoms with Gasteiger partial charge in [0, 0.05) is 19.1 Å². The first kappa shape index (κ1) is 14.3. The molecule has 0 radical (unpaired) electrons. The normalized spacial score (nSPS) is 28.0. The maximum Gasteiger partial charge on any atom is 0.0223 e. The van der Waals surface area contributed by atoms with Crippen molar-refractivity contribution in [2.45, 2.75) is 64.8 Å². The molecule has 2 aliphatic rings. The first-order valence-corrected chi connectivity index (χ1v) is 8.29. The molecule has 1 heterocycles. The highest BCUT2D eigenvalue weighted by molar-refractivity contribution is 4.85. The van der Waals surface area contributed by atoms with Crippen molar-refractivity contribution in [3.63, 3.8) is 0 Å². The van der Waals surface area contributed by atoms with Crippen LogP contribution >= 0.6 is 0 Å². The van der Waals surface area contributed by atoms with Crippen LogP contribution in [0, 0.1) is 11.8 Å². The molecule has 2 atom stereocenters. The summed E-state index contributed by atoms with van der Waals surface area (Å²) in [4.78, 5) is 2.72. The van der Waals surface area contributed by atoms with E-state index in [0.717, 1.165) is 17.9 Å². The maximum atomic E-state index is 3.83. The minimum atomic E-state index is 0.767. The highest BCUT2D eigenvalue weighted by atomic mass is 15.2. The molecule has 106 valence electrons. The van der Waals surface area contributed by atoms with E-state index in [0.29, 0.717) is 0 Å². The van der Waals surface area contributed by atoms with E-state index in [1.165, 1.54) is 71.1 Å². The molecule has 0 bridgehead atoms. The summed E-state index contributed by atoms with van der Waals surface area (Å²) in [6.07, 6.45) is 9.92. The van der Waals surface area contributed by atoms with E-state index in [9.17, 15) is 0 Å². The van der Waals surface area contributed by atoms with Crippen molar-refractivity contribution in [2.75, 3.05) is 26.2 Å². The van der Waals surface area contributed by atoms with E-state index in [2.05, 4.69) is 24.1 Å². The molecule has 2 fully saturated rings. The Morgan fingerprint density at radius 3 is 2.56 bits per heavy atom. The number of nitrogens with one attached hydrogen (secondary N) is 1. The van der Waals surface area contributed by atoms with Gasteiger partial charge in [-0.2, -0.15) is 0 Å². The van der Waals surface area contributed by atoms with Crippen molar-refractivity contribution in [1.82, 2.24) is 10.2 Å². The third-order valence-corrected chi connectivity index (χ3v) is 5.03. The predicted octanol–water partition coefficient (Wildman–Crippen LogP) is 3.28. The minimum Gasteiger partial charge on any atom is -0.312 e. The van der Waals surface area contributed by atoms with Crippen LogP contribution in [0.15, 0.2) is 0 Å². The van der Waals surface area contributed by atoms with Crippen molar-refractivity contribution < 1.29 is 0 Å². The van der Waals surface area contributed by atoms with E-state index in [-0.39, 0.29) is 0 Å². The summed E-state index contributed by atoms with van der Waals surface area (Å²) in [7, 11) is 0. The summed E-state index contributed by atoms with van der Waals surface area (Å²) in [5.41, 5.74) is 0. The number of likely N-dealkylation sites (tertiary alicyclic amines) is 1. The van der Waals surface area contributed by atoms with Gasteiger partial charge in [-0.05, 0) is 50.6 Å². The second-order valence-electron chi connectivity index (χ2n) is 6.43. The molecule has 1 aliphatic heterocycles. The molecule has 18 heavy (non-hydrogen) atoms. The van der Waals surface area contributed by atoms with Gasteiger partial charge in [-0.15, -0.1) is 0 Å². The first-order valence-electron chi connectivity index (χ1n) is 8.29. The minimum absolute atomic E-state index is 0.767. The average molecular weight is 252 g/mol. The van der Waals surface area contributed by atoms with Crippen molar-refractivity contribution in [3.05, 3.63) is 0 Å². The van der Waals surface area contributed by atoms with E-state index in [1.807, 2.05) is 0 Å². The molecule has 1 N–H and O–H groups in total. The highest BCUT2D eigenvalue weighted by Crippen LogP contribution is 2.29. The lowest BCUT2D eigenvalue weighted by Gasteiger charge is -2.29. The third kappa shape index (κ3) is 3.96. The Hall–Kier alpha value is -0.0800. The summed E-state index contributed by atoms with van der Waals surface area (Å²) in [6, 6.07) is 0.767. The van der Waals surface area contributed by atoms with E-state index >= 15 is 0 Å². The van der Waals surface area contributed by atoms with Crippen molar-refractivity contribution >= 4 is 0 Å². The lowest BCUT2D eigenvalue weighted by Crippen LogP contribution is -2.44. The number of nitrogens with zero attached hydrogens (tertiary/aromatic N) is 1. The zero-order valence-electron chi connectivity index (χ0n) is 12.5. The third-order valence-electron chi connectivity index (χ3n) is 5.03. The lowest BCUT2D eigenvalue weighted by atomic mass is 9.97. The fraction of sp³-hybridized carbons (Fsp3) is 1.00. The van der Waals surface area contributed by atoms with Gasteiger partial charge in [-0.3, -0.25) is 0 Å². The van der Waals surface area contributed by atoms with E-state index < -0.39 is 0 Å². The Kier molecular flexibility index (Phi) is 5.97. The van der Waals surface area contributed by atoms with Crippen LogP contribution in [-0.2, 0) is 0 Å². The van der Waals surface area contributed by atoms with Gasteiger partial charge < -0.3 is 10.2 Å². The molecular weight excluding hydrogens is 220 g/mol. The molecule has 0 aromatic carbocycles. The summed E-state index contributed by atoms with van der Waals surface area (Å²) in [5, 5.41) is 3.83. The van der Waals surface area contributed by atoms with Crippen LogP contribution in [0.25, 0.3) is 0 Å². The number of rotatable bonds is 7. The summed E-state index contributed by atoms with van der Waals surface area (Å²) in [5.74, 6) is 1.93. The van der Waals surface area contributed by atoms with Crippen LogP contribution in [0.1, 0.15) is 58.8 Å². The first-order chi connectivity index (χ1) is 8.83. The van der Waals surface area contributed by atoms with Gasteiger partial charge in [-0.1, -0.05) is 33.1 Å². The van der Waals surface area contributed by atoms with Gasteiger partial charge in [0.15, 0.2) is 0 Å². The van der Waals surface area contributed by atoms with Gasteiger partial charge in [-0.25, -0.2) is 0 Å². The van der Waals surface area contributed by atoms with Crippen molar-refractivity contribution in [3.8, 4) is 0 Å². The standard InChI is InChI=1S/C16H32N2/c1-3-10-17-16(15-7-5-6-8-15)13-18-11-9-14(4-2)12-18/h14-17H,3-13H2,1-2H3. The zero-order valence-corrected chi connectivity index (χ0v) is 12.5. The Labute approximate surface area is 114 Å². The van der Waals surface area contributed by atoms with E-state index in [1.54, 1.807) is 0 Å². The number of hydrogen-bond acceptors (Lipinski definition) is 2. The largest absolute Gasteiger partial charge is 0.312 e. The molecule has 1 aliphatic carbocycles. The zero-order chi connectivity index (χ0) is 12.8. The van der Waals surface area contributed by atoms with Crippen LogP contribution in [0.3, 0.4) is 0 Å². The van der Waals surface area contributed by atoms with Crippen LogP contribution < -0.4 is 5.32 Å². The Morgan fingerprint density at radius 2 is 1.94 bits per heavy atom. The molecule has 2 unspecified atom stereocenters. The number of hydrogen-bond donors (Lipinski definition) is 1. The fourth-order valence-corrected chi connectivity index (χ4v) is 3.76. The Balaban J connectivity index is 1.80. The summed E-state index contributed by atoms with van der Waals surface area (Å²) >= 11 is 0. The molecule has 2 nitrogen and oxygen atoms in total. The van der Waals surface area contributed by atoms with Crippen molar-refractivity contribution in [2.24, 2.45) is 11.8 Å². The lowest BCUT2D eigenvalue weighted by molar-refractivity contribution is 0.235. The molecule has 2 heteroatoms. The average Bonchev–Trinajstić information content (AvgIpc) is 3.05. The van der Waals surface area contributed by atoms with Crippen LogP contribution in [0.4, 0.5) is 0 Å². The van der Waals surface area contributed by atoms with E-state index in [4.69, 9.17) is 0 Å². The topological polar surface area (TPSA) is 15.3 Å². The van der Waals surface area contributed by atoms with Gasteiger partial charge in [0.05, 0.1) is 0 Å². The molecule has 1 saturated heterocycles. The van der Waals surface area contributed by atoms with Gasteiger partial charge >= 0.3 is 0 Å². The molecule has 0 aromatic heterocycles. The summed E-state index contributed by atoms with van der Waals surface area (Å²) < 4.78 is 0. The second kappa shape index (κ2) is 7.49. The quantitative estimate of drug-likeness (QED) is 0.748. The Bertz CT molecular complexity index is 223. The molecule has 1 saturated carbocycles. The second-order valence-corrected chi connectivity index (χ2v) is 6.43. The Morgan fingerprint density at radius 1 is 1.17 bits per heavy atom. The SMILES string of the molecule is CCCNC(CN1CCC(CC)C1)C1CCCC1. The summed E-state index contributed by atoms with van der Waals surface area (Å²) in [6.45, 7) is 9.83. The van der Waals surface area contributed by atoms with Gasteiger partial charge in [0.1, 0.15) is 0 Å². The fourth-order valence-electron chi connectivity index (χ4n) is 3.76. The van der Waals surface area contributed by atoms with Gasteiger partial charge in [0.25, 0.3) is 0 Å².